The van der Waals surface area contributed by atoms with Crippen LogP contribution < -0.4 is 0 Å². The van der Waals surface area contributed by atoms with Crippen LogP contribution in [-0.2, 0) is 10.0 Å². The molecule has 1 aliphatic heterocycles. The van der Waals surface area contributed by atoms with Crippen LogP contribution in [0.2, 0.25) is 0 Å². The quantitative estimate of drug-likeness (QED) is 0.743. The molecule has 0 bridgehead atoms. The standard InChI is InChI=1S/C12H24ClNO2S/c1-12(2,3)10-17(15,16)14-8-4-5-11(9-14)6-7-13/h11H,4-10H2,1-3H3. The second kappa shape index (κ2) is 5.89. The Balaban J connectivity index is 2.65. The van der Waals surface area contributed by atoms with Crippen LogP contribution in [0, 0.1) is 11.3 Å². The Hall–Kier alpha value is 0.200. The Morgan fingerprint density at radius 1 is 1.35 bits per heavy atom. The molecule has 17 heavy (non-hydrogen) atoms. The predicted molar refractivity (Wildman–Crippen MR) is 72.9 cm³/mol. The fourth-order valence-corrected chi connectivity index (χ4v) is 4.74. The molecule has 0 spiro atoms. The molecule has 0 aromatic rings. The number of piperidine rings is 1. The molecule has 0 aliphatic carbocycles. The van der Waals surface area contributed by atoms with Crippen molar-refractivity contribution in [3.63, 3.8) is 0 Å². The van der Waals surface area contributed by atoms with Gasteiger partial charge in [-0.25, -0.2) is 12.7 Å². The lowest BCUT2D eigenvalue weighted by Crippen LogP contribution is -2.43. The topological polar surface area (TPSA) is 37.4 Å². The van der Waals surface area contributed by atoms with Gasteiger partial charge in [0.05, 0.1) is 5.75 Å². The number of nitrogens with zero attached hydrogens (tertiary/aromatic N) is 1. The smallest absolute Gasteiger partial charge is 0.212 e. The maximum atomic E-state index is 12.2. The average Bonchev–Trinajstić information content (AvgIpc) is 2.15. The van der Waals surface area contributed by atoms with Crippen molar-refractivity contribution in [2.45, 2.75) is 40.0 Å². The zero-order valence-electron chi connectivity index (χ0n) is 11.1. The van der Waals surface area contributed by atoms with E-state index in [1.54, 1.807) is 4.31 Å². The molecule has 1 aliphatic rings. The minimum atomic E-state index is -3.10. The maximum Gasteiger partial charge on any atom is 0.214 e. The predicted octanol–water partition coefficient (Wildman–Crippen LogP) is 2.70. The third kappa shape index (κ3) is 5.14. The molecule has 0 aromatic carbocycles. The first-order valence-corrected chi connectivity index (χ1v) is 8.43. The second-order valence-corrected chi connectivity index (χ2v) is 8.51. The van der Waals surface area contributed by atoms with E-state index in [2.05, 4.69) is 0 Å². The zero-order chi connectivity index (χ0) is 13.1. The summed E-state index contributed by atoms with van der Waals surface area (Å²) in [6, 6.07) is 0. The Labute approximate surface area is 111 Å². The summed E-state index contributed by atoms with van der Waals surface area (Å²) in [5.41, 5.74) is -0.182. The van der Waals surface area contributed by atoms with Crippen LogP contribution in [0.5, 0.6) is 0 Å². The highest BCUT2D eigenvalue weighted by atomic mass is 35.5. The first-order chi connectivity index (χ1) is 7.74. The van der Waals surface area contributed by atoms with E-state index in [-0.39, 0.29) is 11.2 Å². The van der Waals surface area contributed by atoms with Crippen LogP contribution in [0.25, 0.3) is 0 Å². The average molecular weight is 282 g/mol. The third-order valence-corrected chi connectivity index (χ3v) is 5.58. The molecule has 1 rings (SSSR count). The van der Waals surface area contributed by atoms with Crippen LogP contribution >= 0.6 is 11.6 Å². The highest BCUT2D eigenvalue weighted by Gasteiger charge is 2.31. The summed E-state index contributed by atoms with van der Waals surface area (Å²) in [6.45, 7) is 7.22. The van der Waals surface area contributed by atoms with E-state index in [4.69, 9.17) is 11.6 Å². The lowest BCUT2D eigenvalue weighted by atomic mass is 9.97. The normalized spacial score (nSPS) is 23.9. The van der Waals surface area contributed by atoms with Crippen molar-refractivity contribution in [3.05, 3.63) is 0 Å². The maximum absolute atomic E-state index is 12.2. The molecular weight excluding hydrogens is 258 g/mol. The molecule has 3 nitrogen and oxygen atoms in total. The van der Waals surface area contributed by atoms with Crippen LogP contribution in [-0.4, -0.2) is 37.4 Å². The van der Waals surface area contributed by atoms with E-state index in [1.807, 2.05) is 20.8 Å². The molecule has 1 unspecified atom stereocenters. The molecule has 0 radical (unpaired) electrons. The minimum absolute atomic E-state index is 0.182. The van der Waals surface area contributed by atoms with Crippen LogP contribution in [0.3, 0.4) is 0 Å². The SMILES string of the molecule is CC(C)(C)CS(=O)(=O)N1CCCC(CCCl)C1. The highest BCUT2D eigenvalue weighted by Crippen LogP contribution is 2.25. The van der Waals surface area contributed by atoms with Gasteiger partial charge < -0.3 is 0 Å². The van der Waals surface area contributed by atoms with Crippen molar-refractivity contribution in [1.82, 2.24) is 4.31 Å². The zero-order valence-corrected chi connectivity index (χ0v) is 12.6. The Morgan fingerprint density at radius 3 is 2.53 bits per heavy atom. The van der Waals surface area contributed by atoms with Crippen molar-refractivity contribution in [1.29, 1.82) is 0 Å². The number of halogens is 1. The van der Waals surface area contributed by atoms with E-state index in [0.717, 1.165) is 19.3 Å². The first kappa shape index (κ1) is 15.3. The van der Waals surface area contributed by atoms with Gasteiger partial charge in [0.1, 0.15) is 0 Å². The molecular formula is C12H24ClNO2S. The lowest BCUT2D eigenvalue weighted by molar-refractivity contribution is 0.259. The van der Waals surface area contributed by atoms with Gasteiger partial charge in [-0.2, -0.15) is 0 Å². The summed E-state index contributed by atoms with van der Waals surface area (Å²) in [6.07, 6.45) is 2.99. The van der Waals surface area contributed by atoms with Crippen LogP contribution in [0.1, 0.15) is 40.0 Å². The van der Waals surface area contributed by atoms with E-state index in [0.29, 0.717) is 24.9 Å². The van der Waals surface area contributed by atoms with Gasteiger partial charge in [0.2, 0.25) is 10.0 Å². The van der Waals surface area contributed by atoms with E-state index in [1.165, 1.54) is 0 Å². The van der Waals surface area contributed by atoms with Gasteiger partial charge in [-0.3, -0.25) is 0 Å². The summed E-state index contributed by atoms with van der Waals surface area (Å²) >= 11 is 5.74. The van der Waals surface area contributed by atoms with Crippen molar-refractivity contribution in [2.24, 2.45) is 11.3 Å². The van der Waals surface area contributed by atoms with Gasteiger partial charge in [-0.1, -0.05) is 20.8 Å². The Morgan fingerprint density at radius 2 is 2.00 bits per heavy atom. The fourth-order valence-electron chi connectivity index (χ4n) is 2.31. The van der Waals surface area contributed by atoms with Crippen molar-refractivity contribution in [2.75, 3.05) is 24.7 Å². The van der Waals surface area contributed by atoms with Gasteiger partial charge in [-0.05, 0) is 30.6 Å². The van der Waals surface area contributed by atoms with E-state index >= 15 is 0 Å². The molecule has 1 heterocycles. The van der Waals surface area contributed by atoms with Crippen molar-refractivity contribution < 1.29 is 8.42 Å². The number of hydrogen-bond acceptors (Lipinski definition) is 2. The molecule has 102 valence electrons. The van der Waals surface area contributed by atoms with Gasteiger partial charge in [0.25, 0.3) is 0 Å². The summed E-state index contributed by atoms with van der Waals surface area (Å²) < 4.78 is 26.2. The molecule has 0 N–H and O–H groups in total. The minimum Gasteiger partial charge on any atom is -0.212 e. The molecule has 1 saturated heterocycles. The van der Waals surface area contributed by atoms with Crippen molar-refractivity contribution in [3.8, 4) is 0 Å². The Bertz CT molecular complexity index is 333. The third-order valence-electron chi connectivity index (χ3n) is 3.01. The van der Waals surface area contributed by atoms with Gasteiger partial charge >= 0.3 is 0 Å². The van der Waals surface area contributed by atoms with E-state index in [9.17, 15) is 8.42 Å². The van der Waals surface area contributed by atoms with Crippen molar-refractivity contribution >= 4 is 21.6 Å². The molecule has 1 fully saturated rings. The second-order valence-electron chi connectivity index (χ2n) is 6.16. The first-order valence-electron chi connectivity index (χ1n) is 6.28. The number of sulfonamides is 1. The summed E-state index contributed by atoms with van der Waals surface area (Å²) in [5.74, 6) is 1.29. The summed E-state index contributed by atoms with van der Waals surface area (Å²) in [4.78, 5) is 0. The number of alkyl halides is 1. The fraction of sp³-hybridized carbons (Fsp3) is 1.00. The largest absolute Gasteiger partial charge is 0.214 e. The molecule has 0 amide bonds. The summed E-state index contributed by atoms with van der Waals surface area (Å²) in [7, 11) is -3.10. The highest BCUT2D eigenvalue weighted by molar-refractivity contribution is 7.89. The van der Waals surface area contributed by atoms with Crippen LogP contribution in [0.15, 0.2) is 0 Å². The molecule has 0 aromatic heterocycles. The van der Waals surface area contributed by atoms with Gasteiger partial charge in [0.15, 0.2) is 0 Å². The number of rotatable bonds is 4. The summed E-state index contributed by atoms with van der Waals surface area (Å²) in [5, 5.41) is 0. The lowest BCUT2D eigenvalue weighted by Gasteiger charge is -2.33. The van der Waals surface area contributed by atoms with Crippen LogP contribution in [0.4, 0.5) is 0 Å². The van der Waals surface area contributed by atoms with E-state index < -0.39 is 10.0 Å². The monoisotopic (exact) mass is 281 g/mol. The molecule has 5 heteroatoms. The Kier molecular flexibility index (Phi) is 5.29. The molecule has 0 saturated carbocycles. The number of hydrogen-bond donors (Lipinski definition) is 0. The van der Waals surface area contributed by atoms with Gasteiger partial charge in [0, 0.05) is 19.0 Å². The van der Waals surface area contributed by atoms with Gasteiger partial charge in [-0.15, -0.1) is 11.6 Å². The molecule has 1 atom stereocenters.